The number of rotatable bonds is 2. The van der Waals surface area contributed by atoms with E-state index in [0.29, 0.717) is 6.04 Å². The third-order valence-electron chi connectivity index (χ3n) is 5.12. The molecule has 0 saturated carbocycles. The van der Waals surface area contributed by atoms with Crippen LogP contribution in [0.5, 0.6) is 0 Å². The third kappa shape index (κ3) is 1.97. The Bertz CT molecular complexity index is 949. The van der Waals surface area contributed by atoms with Crippen LogP contribution in [0.25, 0.3) is 21.9 Å². The van der Waals surface area contributed by atoms with Crippen molar-refractivity contribution in [2.24, 2.45) is 0 Å². The van der Waals surface area contributed by atoms with Gasteiger partial charge >= 0.3 is 0 Å². The maximum absolute atomic E-state index is 6.27. The van der Waals surface area contributed by atoms with Crippen LogP contribution in [0.15, 0.2) is 53.2 Å². The number of hydrogen-bond donors (Lipinski definition) is 0. The third-order valence-corrected chi connectivity index (χ3v) is 5.12. The van der Waals surface area contributed by atoms with Gasteiger partial charge in [-0.1, -0.05) is 30.3 Å². The lowest BCUT2D eigenvalue weighted by Gasteiger charge is -2.42. The van der Waals surface area contributed by atoms with Crippen molar-refractivity contribution < 1.29 is 4.42 Å². The molecule has 2 aromatic carbocycles. The van der Waals surface area contributed by atoms with Crippen LogP contribution in [0.4, 0.5) is 5.69 Å². The maximum atomic E-state index is 6.27. The Balaban J connectivity index is 1.97. The molecule has 0 amide bonds. The van der Waals surface area contributed by atoms with Crippen LogP contribution in [0.2, 0.25) is 0 Å². The van der Waals surface area contributed by atoms with Crippen LogP contribution in [-0.2, 0) is 0 Å². The quantitative estimate of drug-likeness (QED) is 0.610. The second kappa shape index (κ2) is 5.04. The molecule has 4 rings (SSSR count). The fraction of sp³-hybridized carbons (Fsp3) is 0.333. The molecule has 2 heterocycles. The van der Waals surface area contributed by atoms with Crippen LogP contribution >= 0.6 is 0 Å². The molecule has 1 aromatic heterocycles. The largest absolute Gasteiger partial charge is 0.454 e. The van der Waals surface area contributed by atoms with Gasteiger partial charge in [-0.3, -0.25) is 0 Å². The van der Waals surface area contributed by atoms with E-state index in [-0.39, 0.29) is 5.66 Å². The molecule has 24 heavy (non-hydrogen) atoms. The second-order valence-electron chi connectivity index (χ2n) is 7.37. The molecule has 0 atom stereocenters. The van der Waals surface area contributed by atoms with Gasteiger partial charge in [0.1, 0.15) is 11.2 Å². The zero-order valence-electron chi connectivity index (χ0n) is 15.0. The van der Waals surface area contributed by atoms with E-state index in [9.17, 15) is 0 Å². The van der Waals surface area contributed by atoms with Crippen molar-refractivity contribution in [3.63, 3.8) is 0 Å². The van der Waals surface area contributed by atoms with Gasteiger partial charge in [-0.15, -0.1) is 0 Å². The highest BCUT2D eigenvalue weighted by Gasteiger charge is 2.38. The number of hydrogen-bond acceptors (Lipinski definition) is 3. The first-order chi connectivity index (χ1) is 11.4. The monoisotopic (exact) mass is 320 g/mol. The van der Waals surface area contributed by atoms with Gasteiger partial charge in [0.2, 0.25) is 0 Å². The number of furan rings is 1. The summed E-state index contributed by atoms with van der Waals surface area (Å²) in [5, 5.41) is 2.36. The first kappa shape index (κ1) is 15.1. The van der Waals surface area contributed by atoms with Crippen LogP contribution in [-0.4, -0.2) is 16.6 Å². The topological polar surface area (TPSA) is 19.6 Å². The van der Waals surface area contributed by atoms with E-state index >= 15 is 0 Å². The summed E-state index contributed by atoms with van der Waals surface area (Å²) in [6, 6.07) is 13.1. The summed E-state index contributed by atoms with van der Waals surface area (Å²) in [5.41, 5.74) is 4.17. The number of fused-ring (bicyclic) bond motifs is 3. The molecular formula is C21H24N2O. The van der Waals surface area contributed by atoms with Crippen molar-refractivity contribution in [2.45, 2.75) is 46.3 Å². The lowest BCUT2D eigenvalue weighted by atomic mass is 10.0. The highest BCUT2D eigenvalue weighted by molar-refractivity contribution is 6.09. The molecule has 0 fully saturated rings. The fourth-order valence-electron chi connectivity index (χ4n) is 3.95. The molecule has 3 aromatic rings. The molecular weight excluding hydrogens is 296 g/mol. The average Bonchev–Trinajstić information content (AvgIpc) is 3.04. The second-order valence-corrected chi connectivity index (χ2v) is 7.37. The van der Waals surface area contributed by atoms with E-state index in [1.807, 2.05) is 12.1 Å². The van der Waals surface area contributed by atoms with Crippen LogP contribution in [0.3, 0.4) is 0 Å². The summed E-state index contributed by atoms with van der Waals surface area (Å²) in [4.78, 5) is 4.72. The summed E-state index contributed by atoms with van der Waals surface area (Å²) in [5.74, 6) is 0. The highest BCUT2D eigenvalue weighted by atomic mass is 16.3. The standard InChI is InChI=1S/C21H24N2O/c1-14(2)22-12-13-23(21(22,4)5)19-15(3)10-11-17-16-8-6-7-9-18(16)24-20(17)19/h6-14H,1-5H3. The summed E-state index contributed by atoms with van der Waals surface area (Å²) in [6.07, 6.45) is 4.36. The number of benzene rings is 2. The Labute approximate surface area is 143 Å². The van der Waals surface area contributed by atoms with E-state index in [4.69, 9.17) is 4.42 Å². The fourth-order valence-corrected chi connectivity index (χ4v) is 3.95. The molecule has 1 aliphatic rings. The van der Waals surface area contributed by atoms with E-state index in [1.54, 1.807) is 0 Å². The number of anilines is 1. The molecule has 3 nitrogen and oxygen atoms in total. The Kier molecular flexibility index (Phi) is 3.17. The van der Waals surface area contributed by atoms with Gasteiger partial charge < -0.3 is 14.2 Å². The molecule has 3 heteroatoms. The zero-order valence-corrected chi connectivity index (χ0v) is 15.0. The molecule has 0 radical (unpaired) electrons. The Morgan fingerprint density at radius 3 is 2.42 bits per heavy atom. The first-order valence-corrected chi connectivity index (χ1v) is 8.58. The van der Waals surface area contributed by atoms with Crippen LogP contribution < -0.4 is 4.90 Å². The molecule has 0 spiro atoms. The van der Waals surface area contributed by atoms with Gasteiger partial charge in [-0.25, -0.2) is 0 Å². The first-order valence-electron chi connectivity index (χ1n) is 8.58. The van der Waals surface area contributed by atoms with Crippen molar-refractivity contribution in [3.05, 3.63) is 54.4 Å². The van der Waals surface area contributed by atoms with Gasteiger partial charge in [-0.05, 0) is 46.2 Å². The highest BCUT2D eigenvalue weighted by Crippen LogP contribution is 2.42. The summed E-state index contributed by atoms with van der Waals surface area (Å²) >= 11 is 0. The lowest BCUT2D eigenvalue weighted by Crippen LogP contribution is -2.51. The molecule has 1 aliphatic heterocycles. The predicted molar refractivity (Wildman–Crippen MR) is 101 cm³/mol. The van der Waals surface area contributed by atoms with Crippen molar-refractivity contribution >= 4 is 27.6 Å². The lowest BCUT2D eigenvalue weighted by molar-refractivity contribution is 0.170. The number of nitrogens with zero attached hydrogens (tertiary/aromatic N) is 2. The maximum Gasteiger partial charge on any atom is 0.159 e. The number of aryl methyl sites for hydroxylation is 1. The minimum atomic E-state index is -0.133. The van der Waals surface area contributed by atoms with Crippen molar-refractivity contribution in [1.29, 1.82) is 0 Å². The van der Waals surface area contributed by atoms with Gasteiger partial charge in [-0.2, -0.15) is 0 Å². The Morgan fingerprint density at radius 1 is 0.958 bits per heavy atom. The van der Waals surface area contributed by atoms with Crippen LogP contribution in [0, 0.1) is 6.92 Å². The number of para-hydroxylation sites is 1. The Hall–Kier alpha value is -2.42. The minimum Gasteiger partial charge on any atom is -0.454 e. The van der Waals surface area contributed by atoms with Crippen molar-refractivity contribution in [2.75, 3.05) is 4.90 Å². The van der Waals surface area contributed by atoms with Gasteiger partial charge in [0.25, 0.3) is 0 Å². The molecule has 124 valence electrons. The molecule has 0 N–H and O–H groups in total. The van der Waals surface area contributed by atoms with E-state index in [1.165, 1.54) is 16.3 Å². The van der Waals surface area contributed by atoms with Gasteiger partial charge in [0.05, 0.1) is 5.69 Å². The van der Waals surface area contributed by atoms with Gasteiger partial charge in [0.15, 0.2) is 5.58 Å². The normalized spacial score (nSPS) is 16.9. The SMILES string of the molecule is Cc1ccc2c(oc3ccccc32)c1N1C=CN(C(C)C)C1(C)C. The molecule has 0 saturated heterocycles. The van der Waals surface area contributed by atoms with Crippen LogP contribution in [0.1, 0.15) is 33.3 Å². The average molecular weight is 320 g/mol. The summed E-state index contributed by atoms with van der Waals surface area (Å²) in [6.45, 7) is 11.1. The summed E-state index contributed by atoms with van der Waals surface area (Å²) in [7, 11) is 0. The zero-order chi connectivity index (χ0) is 17.1. The predicted octanol–water partition coefficient (Wildman–Crippen LogP) is 5.63. The summed E-state index contributed by atoms with van der Waals surface area (Å²) < 4.78 is 6.27. The van der Waals surface area contributed by atoms with E-state index in [2.05, 4.69) is 81.1 Å². The van der Waals surface area contributed by atoms with Crippen molar-refractivity contribution in [3.8, 4) is 0 Å². The van der Waals surface area contributed by atoms with Crippen molar-refractivity contribution in [1.82, 2.24) is 4.90 Å². The van der Waals surface area contributed by atoms with E-state index < -0.39 is 0 Å². The van der Waals surface area contributed by atoms with Gasteiger partial charge in [0, 0.05) is 29.2 Å². The smallest absolute Gasteiger partial charge is 0.159 e. The molecule has 0 bridgehead atoms. The molecule has 0 aliphatic carbocycles. The minimum absolute atomic E-state index is 0.133. The molecule has 0 unspecified atom stereocenters. The van der Waals surface area contributed by atoms with E-state index in [0.717, 1.165) is 16.9 Å². The Morgan fingerprint density at radius 2 is 1.71 bits per heavy atom.